The molecule has 0 fully saturated rings. The fourth-order valence-electron chi connectivity index (χ4n) is 4.62. The lowest BCUT2D eigenvalue weighted by Crippen LogP contribution is -2.49. The first-order valence-electron chi connectivity index (χ1n) is 12.5. The van der Waals surface area contributed by atoms with E-state index >= 15 is 0 Å². The van der Waals surface area contributed by atoms with Crippen LogP contribution in [0.3, 0.4) is 0 Å². The number of benzene rings is 2. The quantitative estimate of drug-likeness (QED) is 0.492. The summed E-state index contributed by atoms with van der Waals surface area (Å²) in [5.74, 6) is 0.424. The monoisotopic (exact) mass is 507 g/mol. The van der Waals surface area contributed by atoms with Crippen LogP contribution in [0.1, 0.15) is 29.8 Å². The maximum absolute atomic E-state index is 13.7. The standard InChI is InChI=1S/C29H34FN3O4/c1-19-15-33(20(2)18-34)29(35)25-13-22(24-7-5-6-8-26(24)36-4)14-31-28(25)37-27(19)17-32(3)16-21-9-11-23(30)12-10-21/h5-14,19-20,27,34H,15-18H2,1-4H3/t19-,20-,27-/m0/s1. The zero-order chi connectivity index (χ0) is 26.5. The number of hydrogen-bond donors (Lipinski definition) is 1. The molecule has 2 heterocycles. The van der Waals surface area contributed by atoms with Crippen molar-refractivity contribution < 1.29 is 23.8 Å². The molecule has 1 aromatic heterocycles. The first-order valence-corrected chi connectivity index (χ1v) is 12.5. The fraction of sp³-hybridized carbons (Fsp3) is 0.379. The summed E-state index contributed by atoms with van der Waals surface area (Å²) in [6.07, 6.45) is 1.42. The Morgan fingerprint density at radius 3 is 2.65 bits per heavy atom. The van der Waals surface area contributed by atoms with Gasteiger partial charge in [-0.3, -0.25) is 9.69 Å². The van der Waals surface area contributed by atoms with Gasteiger partial charge in [0.25, 0.3) is 5.91 Å². The molecule has 2 aromatic carbocycles. The van der Waals surface area contributed by atoms with E-state index in [1.807, 2.05) is 45.2 Å². The third-order valence-corrected chi connectivity index (χ3v) is 6.80. The zero-order valence-electron chi connectivity index (χ0n) is 21.7. The molecule has 1 amide bonds. The molecule has 0 radical (unpaired) electrons. The minimum Gasteiger partial charge on any atom is -0.496 e. The number of aliphatic hydroxyl groups is 1. The summed E-state index contributed by atoms with van der Waals surface area (Å²) >= 11 is 0. The highest BCUT2D eigenvalue weighted by atomic mass is 19.1. The van der Waals surface area contributed by atoms with Crippen molar-refractivity contribution in [2.24, 2.45) is 5.92 Å². The Morgan fingerprint density at radius 1 is 1.22 bits per heavy atom. The second-order valence-electron chi connectivity index (χ2n) is 9.72. The molecule has 4 rings (SSSR count). The minimum absolute atomic E-state index is 0.0301. The average molecular weight is 508 g/mol. The Labute approximate surface area is 217 Å². The van der Waals surface area contributed by atoms with Gasteiger partial charge in [-0.2, -0.15) is 0 Å². The lowest BCUT2D eigenvalue weighted by Gasteiger charge is -2.37. The van der Waals surface area contributed by atoms with Crippen LogP contribution in [0.2, 0.25) is 0 Å². The van der Waals surface area contributed by atoms with E-state index in [1.165, 1.54) is 12.1 Å². The summed E-state index contributed by atoms with van der Waals surface area (Å²) < 4.78 is 25.2. The van der Waals surface area contributed by atoms with Crippen LogP contribution in [0.4, 0.5) is 4.39 Å². The van der Waals surface area contributed by atoms with Crippen molar-refractivity contribution >= 4 is 5.91 Å². The van der Waals surface area contributed by atoms with E-state index in [0.29, 0.717) is 30.9 Å². The third-order valence-electron chi connectivity index (χ3n) is 6.80. The van der Waals surface area contributed by atoms with Crippen LogP contribution < -0.4 is 9.47 Å². The first-order chi connectivity index (χ1) is 17.8. The Bertz CT molecular complexity index is 1220. The molecule has 3 atom stereocenters. The van der Waals surface area contributed by atoms with Gasteiger partial charge >= 0.3 is 0 Å². The van der Waals surface area contributed by atoms with Crippen molar-refractivity contribution in [1.29, 1.82) is 0 Å². The SMILES string of the molecule is COc1ccccc1-c1cnc2c(c1)C(=O)N([C@@H](C)CO)C[C@H](C)[C@H](CN(C)Cc1ccc(F)cc1)O2. The number of hydrogen-bond acceptors (Lipinski definition) is 6. The van der Waals surface area contributed by atoms with Gasteiger partial charge in [0.2, 0.25) is 5.88 Å². The second kappa shape index (κ2) is 11.7. The predicted octanol–water partition coefficient (Wildman–Crippen LogP) is 4.25. The normalized spacial score (nSPS) is 18.6. The highest BCUT2D eigenvalue weighted by Crippen LogP contribution is 2.34. The van der Waals surface area contributed by atoms with Gasteiger partial charge in [0, 0.05) is 42.9 Å². The Morgan fingerprint density at radius 2 is 1.95 bits per heavy atom. The molecule has 3 aromatic rings. The molecule has 0 saturated carbocycles. The summed E-state index contributed by atoms with van der Waals surface area (Å²) in [4.78, 5) is 22.1. The van der Waals surface area contributed by atoms with Gasteiger partial charge in [-0.15, -0.1) is 0 Å². The second-order valence-corrected chi connectivity index (χ2v) is 9.72. The van der Waals surface area contributed by atoms with Crippen molar-refractivity contribution in [2.75, 3.05) is 33.9 Å². The molecule has 1 N–H and O–H groups in total. The molecule has 0 saturated heterocycles. The molecule has 1 aliphatic rings. The Kier molecular flexibility index (Phi) is 8.41. The number of aliphatic hydroxyl groups excluding tert-OH is 1. The number of ether oxygens (including phenoxy) is 2. The van der Waals surface area contributed by atoms with E-state index < -0.39 is 0 Å². The number of nitrogens with zero attached hydrogens (tertiary/aromatic N) is 3. The molecule has 0 unspecified atom stereocenters. The number of carbonyl (C=O) groups is 1. The summed E-state index contributed by atoms with van der Waals surface area (Å²) in [5, 5.41) is 9.90. The van der Waals surface area contributed by atoms with Crippen LogP contribution in [-0.2, 0) is 6.54 Å². The first kappa shape index (κ1) is 26.6. The van der Waals surface area contributed by atoms with Crippen molar-refractivity contribution in [1.82, 2.24) is 14.8 Å². The number of fused-ring (bicyclic) bond motifs is 1. The highest BCUT2D eigenvalue weighted by Gasteiger charge is 2.34. The van der Waals surface area contributed by atoms with Crippen LogP contribution >= 0.6 is 0 Å². The number of likely N-dealkylation sites (N-methyl/N-ethyl adjacent to an activating group) is 1. The number of amides is 1. The molecule has 37 heavy (non-hydrogen) atoms. The molecule has 0 aliphatic carbocycles. The van der Waals surface area contributed by atoms with Gasteiger partial charge in [0.05, 0.1) is 19.8 Å². The van der Waals surface area contributed by atoms with E-state index in [9.17, 15) is 14.3 Å². The van der Waals surface area contributed by atoms with E-state index in [1.54, 1.807) is 36.4 Å². The van der Waals surface area contributed by atoms with Crippen LogP contribution in [-0.4, -0.2) is 71.8 Å². The predicted molar refractivity (Wildman–Crippen MR) is 140 cm³/mol. The maximum atomic E-state index is 13.7. The summed E-state index contributed by atoms with van der Waals surface area (Å²) in [6.45, 7) is 5.34. The minimum atomic E-state index is -0.367. The summed E-state index contributed by atoms with van der Waals surface area (Å²) in [6, 6.07) is 15.4. The maximum Gasteiger partial charge on any atom is 0.259 e. The number of halogens is 1. The third kappa shape index (κ3) is 6.09. The smallest absolute Gasteiger partial charge is 0.259 e. The molecular weight excluding hydrogens is 473 g/mol. The zero-order valence-corrected chi connectivity index (χ0v) is 21.7. The largest absolute Gasteiger partial charge is 0.496 e. The molecule has 8 heteroatoms. The lowest BCUT2D eigenvalue weighted by molar-refractivity contribution is 0.0325. The van der Waals surface area contributed by atoms with Crippen LogP contribution in [0.15, 0.2) is 60.8 Å². The van der Waals surface area contributed by atoms with E-state index in [-0.39, 0.29) is 42.3 Å². The van der Waals surface area contributed by atoms with Gasteiger partial charge in [-0.05, 0) is 43.8 Å². The van der Waals surface area contributed by atoms with Crippen molar-refractivity contribution in [3.63, 3.8) is 0 Å². The highest BCUT2D eigenvalue weighted by molar-refractivity contribution is 5.98. The topological polar surface area (TPSA) is 75.1 Å². The summed E-state index contributed by atoms with van der Waals surface area (Å²) in [7, 11) is 3.59. The fourth-order valence-corrected chi connectivity index (χ4v) is 4.62. The Hall–Kier alpha value is -3.49. The van der Waals surface area contributed by atoms with Crippen molar-refractivity contribution in [3.8, 4) is 22.8 Å². The van der Waals surface area contributed by atoms with E-state index in [4.69, 9.17) is 9.47 Å². The van der Waals surface area contributed by atoms with Crippen molar-refractivity contribution in [3.05, 3.63) is 77.7 Å². The van der Waals surface area contributed by atoms with Crippen LogP contribution in [0, 0.1) is 11.7 Å². The van der Waals surface area contributed by atoms with Gasteiger partial charge in [-0.1, -0.05) is 37.3 Å². The van der Waals surface area contributed by atoms with Gasteiger partial charge in [-0.25, -0.2) is 9.37 Å². The molecule has 0 bridgehead atoms. The van der Waals surface area contributed by atoms with E-state index in [2.05, 4.69) is 9.88 Å². The number of rotatable bonds is 8. The van der Waals surface area contributed by atoms with Gasteiger partial charge in [0.1, 0.15) is 23.2 Å². The lowest BCUT2D eigenvalue weighted by atomic mass is 9.99. The van der Waals surface area contributed by atoms with Gasteiger partial charge < -0.3 is 19.5 Å². The summed E-state index contributed by atoms with van der Waals surface area (Å²) in [5.41, 5.74) is 2.90. The Balaban J connectivity index is 1.67. The number of carbonyl (C=O) groups excluding carboxylic acids is 1. The number of pyridine rings is 1. The molecule has 7 nitrogen and oxygen atoms in total. The number of para-hydroxylation sites is 1. The molecule has 1 aliphatic heterocycles. The van der Waals surface area contributed by atoms with Crippen LogP contribution in [0.5, 0.6) is 11.6 Å². The average Bonchev–Trinajstić information content (AvgIpc) is 2.91. The van der Waals surface area contributed by atoms with Crippen LogP contribution in [0.25, 0.3) is 11.1 Å². The van der Waals surface area contributed by atoms with Gasteiger partial charge in [0.15, 0.2) is 0 Å². The number of aromatic nitrogens is 1. The van der Waals surface area contributed by atoms with E-state index in [0.717, 1.165) is 16.7 Å². The molecule has 196 valence electrons. The molecular formula is C29H34FN3O4. The van der Waals surface area contributed by atoms with Crippen molar-refractivity contribution in [2.45, 2.75) is 32.5 Å². The number of methoxy groups -OCH3 is 1. The molecule has 0 spiro atoms.